The summed E-state index contributed by atoms with van der Waals surface area (Å²) in [7, 11) is 0. The van der Waals surface area contributed by atoms with Crippen molar-refractivity contribution in [3.63, 3.8) is 0 Å². The lowest BCUT2D eigenvalue weighted by molar-refractivity contribution is -0.104. The third-order valence-corrected chi connectivity index (χ3v) is 3.11. The molecule has 0 aliphatic rings. The summed E-state index contributed by atoms with van der Waals surface area (Å²) >= 11 is 0. The number of aldehydes is 1. The standard InChI is InChI=1S/C17H28O2/c1-5-17(6-2)14-19-11-9-7-8-10-15(3)12-16(4)13-18/h7,9-10,12-13,17H,5-6,8,11,14H2,1-4H3/b9-7+,15-10-,16-12+. The number of hydrogen-bond donors (Lipinski definition) is 0. The molecule has 0 amide bonds. The molecule has 0 rings (SSSR count). The molecule has 0 aromatic rings. The SMILES string of the molecule is CCC(CC)COC/C=C/C/C=C(C)\C=C(/C)C=O. The fourth-order valence-corrected chi connectivity index (χ4v) is 1.70. The molecule has 19 heavy (non-hydrogen) atoms. The van der Waals surface area contributed by atoms with Gasteiger partial charge in [0, 0.05) is 6.61 Å². The summed E-state index contributed by atoms with van der Waals surface area (Å²) in [5.74, 6) is 0.687. The van der Waals surface area contributed by atoms with E-state index in [9.17, 15) is 4.79 Å². The maximum Gasteiger partial charge on any atom is 0.145 e. The second-order valence-corrected chi connectivity index (χ2v) is 4.88. The molecule has 0 saturated heterocycles. The normalized spacial score (nSPS) is 13.5. The van der Waals surface area contributed by atoms with Gasteiger partial charge in [-0.05, 0) is 31.8 Å². The maximum atomic E-state index is 10.5. The van der Waals surface area contributed by atoms with Gasteiger partial charge < -0.3 is 4.74 Å². The molecule has 0 spiro atoms. The largest absolute Gasteiger partial charge is 0.377 e. The van der Waals surface area contributed by atoms with E-state index in [0.717, 1.165) is 30.5 Å². The van der Waals surface area contributed by atoms with Crippen LogP contribution >= 0.6 is 0 Å². The van der Waals surface area contributed by atoms with Gasteiger partial charge in [-0.2, -0.15) is 0 Å². The van der Waals surface area contributed by atoms with Crippen molar-refractivity contribution in [2.75, 3.05) is 13.2 Å². The van der Waals surface area contributed by atoms with Gasteiger partial charge in [-0.15, -0.1) is 0 Å². The Bertz CT molecular complexity index is 320. The van der Waals surface area contributed by atoms with Crippen LogP contribution in [0.4, 0.5) is 0 Å². The van der Waals surface area contributed by atoms with Gasteiger partial charge >= 0.3 is 0 Å². The minimum absolute atomic E-state index is 0.687. The highest BCUT2D eigenvalue weighted by atomic mass is 16.5. The van der Waals surface area contributed by atoms with Crippen LogP contribution in [0.3, 0.4) is 0 Å². The Morgan fingerprint density at radius 1 is 1.11 bits per heavy atom. The first-order valence-electron chi connectivity index (χ1n) is 7.16. The van der Waals surface area contributed by atoms with Crippen molar-refractivity contribution in [2.24, 2.45) is 5.92 Å². The third-order valence-electron chi connectivity index (χ3n) is 3.11. The molecule has 0 aromatic carbocycles. The van der Waals surface area contributed by atoms with E-state index in [1.807, 2.05) is 19.9 Å². The summed E-state index contributed by atoms with van der Waals surface area (Å²) in [5, 5.41) is 0. The van der Waals surface area contributed by atoms with Crippen molar-refractivity contribution in [2.45, 2.75) is 47.0 Å². The first-order chi connectivity index (χ1) is 9.13. The maximum absolute atomic E-state index is 10.5. The van der Waals surface area contributed by atoms with Gasteiger partial charge in [0.2, 0.25) is 0 Å². The van der Waals surface area contributed by atoms with Crippen molar-refractivity contribution >= 4 is 6.29 Å². The second-order valence-electron chi connectivity index (χ2n) is 4.88. The Hall–Kier alpha value is -1.15. The number of hydrogen-bond acceptors (Lipinski definition) is 2. The molecule has 0 N–H and O–H groups in total. The van der Waals surface area contributed by atoms with Crippen molar-refractivity contribution in [1.29, 1.82) is 0 Å². The molecule has 108 valence electrons. The van der Waals surface area contributed by atoms with Crippen LogP contribution in [0.25, 0.3) is 0 Å². The Kier molecular flexibility index (Phi) is 11.2. The molecule has 2 heteroatoms. The van der Waals surface area contributed by atoms with E-state index in [4.69, 9.17) is 4.74 Å². The van der Waals surface area contributed by atoms with E-state index in [1.165, 1.54) is 12.8 Å². The Morgan fingerprint density at radius 2 is 1.79 bits per heavy atom. The number of ether oxygens (including phenoxy) is 1. The second kappa shape index (κ2) is 11.9. The van der Waals surface area contributed by atoms with E-state index >= 15 is 0 Å². The highest BCUT2D eigenvalue weighted by Gasteiger charge is 2.01. The van der Waals surface area contributed by atoms with Gasteiger partial charge in [-0.25, -0.2) is 0 Å². The lowest BCUT2D eigenvalue weighted by Crippen LogP contribution is -2.07. The number of carbonyl (C=O) groups excluding carboxylic acids is 1. The fourth-order valence-electron chi connectivity index (χ4n) is 1.70. The van der Waals surface area contributed by atoms with Gasteiger partial charge in [-0.1, -0.05) is 56.6 Å². The minimum Gasteiger partial charge on any atom is -0.377 e. The molecule has 0 fully saturated rings. The fraction of sp³-hybridized carbons (Fsp3) is 0.588. The number of allylic oxidation sites excluding steroid dienone is 5. The first kappa shape index (κ1) is 17.8. The van der Waals surface area contributed by atoms with Crippen LogP contribution in [0.5, 0.6) is 0 Å². The Balaban J connectivity index is 3.80. The molecule has 0 aromatic heterocycles. The van der Waals surface area contributed by atoms with E-state index in [0.29, 0.717) is 12.5 Å². The van der Waals surface area contributed by atoms with Crippen molar-refractivity contribution in [3.8, 4) is 0 Å². The zero-order valence-corrected chi connectivity index (χ0v) is 12.8. The summed E-state index contributed by atoms with van der Waals surface area (Å²) in [6.45, 7) is 9.77. The van der Waals surface area contributed by atoms with Crippen molar-refractivity contribution in [1.82, 2.24) is 0 Å². The summed E-state index contributed by atoms with van der Waals surface area (Å²) in [5.41, 5.74) is 1.87. The van der Waals surface area contributed by atoms with E-state index in [-0.39, 0.29) is 0 Å². The molecule has 0 aliphatic carbocycles. The summed E-state index contributed by atoms with van der Waals surface area (Å²) < 4.78 is 5.60. The predicted octanol–water partition coefficient (Wildman–Crippen LogP) is 4.48. The van der Waals surface area contributed by atoms with E-state index < -0.39 is 0 Å². The lowest BCUT2D eigenvalue weighted by Gasteiger charge is -2.10. The van der Waals surface area contributed by atoms with E-state index in [1.54, 1.807) is 0 Å². The smallest absolute Gasteiger partial charge is 0.145 e. The van der Waals surface area contributed by atoms with Crippen LogP contribution in [0.2, 0.25) is 0 Å². The quantitative estimate of drug-likeness (QED) is 0.191. The third kappa shape index (κ3) is 10.5. The topological polar surface area (TPSA) is 26.3 Å². The molecule has 0 saturated carbocycles. The molecule has 0 unspecified atom stereocenters. The van der Waals surface area contributed by atoms with Gasteiger partial charge in [0.1, 0.15) is 6.29 Å². The van der Waals surface area contributed by atoms with Crippen LogP contribution in [-0.4, -0.2) is 19.5 Å². The highest BCUT2D eigenvalue weighted by Crippen LogP contribution is 2.07. The highest BCUT2D eigenvalue weighted by molar-refractivity contribution is 5.73. The van der Waals surface area contributed by atoms with Gasteiger partial charge in [0.25, 0.3) is 0 Å². The molecule has 0 radical (unpaired) electrons. The van der Waals surface area contributed by atoms with Gasteiger partial charge in [0.05, 0.1) is 6.61 Å². The van der Waals surface area contributed by atoms with Crippen molar-refractivity contribution in [3.05, 3.63) is 35.5 Å². The first-order valence-corrected chi connectivity index (χ1v) is 7.16. The Labute approximate surface area is 118 Å². The number of rotatable bonds is 10. The monoisotopic (exact) mass is 264 g/mol. The van der Waals surface area contributed by atoms with Gasteiger partial charge in [0.15, 0.2) is 0 Å². The van der Waals surface area contributed by atoms with Crippen LogP contribution in [-0.2, 0) is 9.53 Å². The minimum atomic E-state index is 0.687. The van der Waals surface area contributed by atoms with Crippen LogP contribution in [0, 0.1) is 5.92 Å². The molecule has 2 nitrogen and oxygen atoms in total. The van der Waals surface area contributed by atoms with Gasteiger partial charge in [-0.3, -0.25) is 4.79 Å². The molecule has 0 atom stereocenters. The molecule has 0 heterocycles. The molecule has 0 aliphatic heterocycles. The zero-order valence-electron chi connectivity index (χ0n) is 12.8. The van der Waals surface area contributed by atoms with Crippen molar-refractivity contribution < 1.29 is 9.53 Å². The van der Waals surface area contributed by atoms with Crippen LogP contribution in [0.1, 0.15) is 47.0 Å². The summed E-state index contributed by atoms with van der Waals surface area (Å²) in [4.78, 5) is 10.5. The molecular formula is C17H28O2. The average Bonchev–Trinajstić information content (AvgIpc) is 2.41. The predicted molar refractivity (Wildman–Crippen MR) is 82.2 cm³/mol. The Morgan fingerprint density at radius 3 is 2.37 bits per heavy atom. The average molecular weight is 264 g/mol. The summed E-state index contributed by atoms with van der Waals surface area (Å²) in [6.07, 6.45) is 12.3. The molecular weight excluding hydrogens is 236 g/mol. The molecule has 0 bridgehead atoms. The number of carbonyl (C=O) groups is 1. The van der Waals surface area contributed by atoms with Crippen LogP contribution in [0.15, 0.2) is 35.5 Å². The van der Waals surface area contributed by atoms with E-state index in [2.05, 4.69) is 32.1 Å². The van der Waals surface area contributed by atoms with Crippen LogP contribution < -0.4 is 0 Å². The lowest BCUT2D eigenvalue weighted by atomic mass is 10.1. The summed E-state index contributed by atoms with van der Waals surface area (Å²) in [6, 6.07) is 0. The zero-order chi connectivity index (χ0) is 14.5.